The number of aromatic nitrogens is 5. The normalized spacial score (nSPS) is 18.8. The second-order valence-electron chi connectivity index (χ2n) is 16.8. The van der Waals surface area contributed by atoms with Crippen LogP contribution in [0.1, 0.15) is 100 Å². The predicted molar refractivity (Wildman–Crippen MR) is 223 cm³/mol. The monoisotopic (exact) mass is 767 g/mol. The van der Waals surface area contributed by atoms with Gasteiger partial charge in [0.2, 0.25) is 0 Å². The van der Waals surface area contributed by atoms with Crippen molar-refractivity contribution in [1.29, 1.82) is 0 Å². The van der Waals surface area contributed by atoms with E-state index in [4.69, 9.17) is 20.2 Å². The number of hydrogen-bond donors (Lipinski definition) is 1. The van der Waals surface area contributed by atoms with Crippen LogP contribution in [0, 0.1) is 19.3 Å². The molecule has 1 saturated heterocycles. The number of nitrogens with zero attached hydrogens (tertiary/aromatic N) is 10. The molecular weight excluding hydrogens is 715 g/mol. The van der Waals surface area contributed by atoms with E-state index in [0.29, 0.717) is 31.7 Å². The molecule has 2 aromatic carbocycles. The van der Waals surface area contributed by atoms with Crippen molar-refractivity contribution in [2.75, 3.05) is 50.0 Å². The third kappa shape index (κ3) is 6.18. The molecule has 0 spiro atoms. The number of para-hydroxylation sites is 2. The number of hydrogen-bond acceptors (Lipinski definition) is 9. The van der Waals surface area contributed by atoms with Crippen molar-refractivity contribution in [2.24, 2.45) is 10.4 Å². The highest BCUT2D eigenvalue weighted by Gasteiger charge is 2.42. The van der Waals surface area contributed by atoms with E-state index in [9.17, 15) is 9.59 Å². The first-order valence-corrected chi connectivity index (χ1v) is 20.4. The molecule has 13 heteroatoms. The zero-order chi connectivity index (χ0) is 39.7. The Hall–Kier alpha value is -5.56. The first-order valence-electron chi connectivity index (χ1n) is 20.4. The Morgan fingerprint density at radius 3 is 2.21 bits per heavy atom. The van der Waals surface area contributed by atoms with Crippen molar-refractivity contribution in [3.63, 3.8) is 0 Å². The molecule has 0 saturated carbocycles. The highest BCUT2D eigenvalue weighted by Crippen LogP contribution is 2.45. The molecule has 1 fully saturated rings. The zero-order valence-corrected chi connectivity index (χ0v) is 34.3. The number of amides is 2. The lowest BCUT2D eigenvalue weighted by atomic mass is 9.77. The number of carbonyl (C=O) groups excluding carboxylic acids is 2. The van der Waals surface area contributed by atoms with Crippen molar-refractivity contribution >= 4 is 40.4 Å². The van der Waals surface area contributed by atoms with Gasteiger partial charge in [-0.1, -0.05) is 38.1 Å². The van der Waals surface area contributed by atoms with Crippen LogP contribution < -0.4 is 10.2 Å². The quantitative estimate of drug-likeness (QED) is 0.194. The number of anilines is 2. The molecule has 3 aromatic heterocycles. The number of nitrogens with one attached hydrogen (secondary N) is 1. The third-order valence-electron chi connectivity index (χ3n) is 13.1. The highest BCUT2D eigenvalue weighted by atomic mass is 16.2. The van der Waals surface area contributed by atoms with Crippen molar-refractivity contribution < 1.29 is 9.59 Å². The van der Waals surface area contributed by atoms with Crippen LogP contribution in [0.3, 0.4) is 0 Å². The molecule has 1 N–H and O–H groups in total. The molecule has 1 unspecified atom stereocenters. The number of aliphatic imine (C=N–C) groups is 1. The maximum Gasteiger partial charge on any atom is 0.256 e. The van der Waals surface area contributed by atoms with Crippen molar-refractivity contribution in [2.45, 2.75) is 86.6 Å². The fourth-order valence-electron chi connectivity index (χ4n) is 9.07. The lowest BCUT2D eigenvalue weighted by molar-refractivity contribution is 0.0742. The molecule has 2 amide bonds. The summed E-state index contributed by atoms with van der Waals surface area (Å²) in [7, 11) is 2.14. The summed E-state index contributed by atoms with van der Waals surface area (Å²) in [6, 6.07) is 15.8. The number of carbonyl (C=O) groups is 2. The molecule has 0 bridgehead atoms. The summed E-state index contributed by atoms with van der Waals surface area (Å²) in [5.41, 5.74) is 12.1. The molecule has 57 heavy (non-hydrogen) atoms. The summed E-state index contributed by atoms with van der Waals surface area (Å²) in [4.78, 5) is 46.8. The van der Waals surface area contributed by atoms with E-state index in [2.05, 4.69) is 67.5 Å². The van der Waals surface area contributed by atoms with E-state index >= 15 is 0 Å². The molecule has 0 aliphatic carbocycles. The third-order valence-corrected chi connectivity index (χ3v) is 13.1. The summed E-state index contributed by atoms with van der Waals surface area (Å²) in [6.07, 6.45) is 1.48. The van der Waals surface area contributed by atoms with Gasteiger partial charge in [0.25, 0.3) is 11.8 Å². The SMILES string of the molecule is CCNc1ccccc1C(=O)N1Cc2nn3c(c2C1)N=C(CCc1c(C)c(C)nc2c4c(nn12)CN(C(=O)c1ccccc1N1CCN(C)CC1)C4)C(C)(C)C3C. The minimum atomic E-state index is -0.241. The predicted octanol–water partition coefficient (Wildman–Crippen LogP) is 6.34. The van der Waals surface area contributed by atoms with Crippen LogP contribution in [-0.2, 0) is 32.6 Å². The molecule has 0 radical (unpaired) electrons. The summed E-state index contributed by atoms with van der Waals surface area (Å²) in [5, 5.41) is 13.5. The lowest BCUT2D eigenvalue weighted by Crippen LogP contribution is -2.45. The van der Waals surface area contributed by atoms with Crippen molar-refractivity contribution in [3.05, 3.63) is 99.1 Å². The molecule has 4 aliphatic heterocycles. The Morgan fingerprint density at radius 2 is 1.47 bits per heavy atom. The lowest BCUT2D eigenvalue weighted by Gasteiger charge is -2.38. The van der Waals surface area contributed by atoms with Gasteiger partial charge in [0, 0.05) is 77.7 Å². The fourth-order valence-corrected chi connectivity index (χ4v) is 9.07. The highest BCUT2D eigenvalue weighted by molar-refractivity contribution is 6.01. The molecular formula is C44H53N11O2. The van der Waals surface area contributed by atoms with Gasteiger partial charge < -0.3 is 24.9 Å². The van der Waals surface area contributed by atoms with E-state index in [1.54, 1.807) is 0 Å². The Balaban J connectivity index is 0.960. The average Bonchev–Trinajstić information content (AvgIpc) is 3.98. The molecule has 296 valence electrons. The summed E-state index contributed by atoms with van der Waals surface area (Å²) in [6.45, 7) is 19.4. The van der Waals surface area contributed by atoms with E-state index < -0.39 is 0 Å². The van der Waals surface area contributed by atoms with Crippen LogP contribution >= 0.6 is 0 Å². The average molecular weight is 768 g/mol. The molecule has 7 heterocycles. The van der Waals surface area contributed by atoms with Gasteiger partial charge >= 0.3 is 0 Å². The fraction of sp³-hybridized carbons (Fsp3) is 0.455. The van der Waals surface area contributed by atoms with E-state index in [1.165, 1.54) is 0 Å². The van der Waals surface area contributed by atoms with Crippen molar-refractivity contribution in [3.8, 4) is 0 Å². The topological polar surface area (TPSA) is 119 Å². The van der Waals surface area contributed by atoms with Gasteiger partial charge in [0.1, 0.15) is 0 Å². The van der Waals surface area contributed by atoms with Crippen LogP contribution in [0.25, 0.3) is 5.65 Å². The Morgan fingerprint density at radius 1 is 0.825 bits per heavy atom. The number of piperazine rings is 1. The van der Waals surface area contributed by atoms with Crippen LogP contribution in [0.5, 0.6) is 0 Å². The van der Waals surface area contributed by atoms with E-state index in [0.717, 1.165) is 119 Å². The van der Waals surface area contributed by atoms with Crippen LogP contribution in [0.15, 0.2) is 53.5 Å². The number of aryl methyl sites for hydroxylation is 2. The molecule has 9 rings (SSSR count). The van der Waals surface area contributed by atoms with Crippen LogP contribution in [-0.4, -0.2) is 96.4 Å². The van der Waals surface area contributed by atoms with Gasteiger partial charge in [-0.25, -0.2) is 19.2 Å². The van der Waals surface area contributed by atoms with Crippen LogP contribution in [0.4, 0.5) is 17.2 Å². The summed E-state index contributed by atoms with van der Waals surface area (Å²) >= 11 is 0. The molecule has 5 aromatic rings. The van der Waals surface area contributed by atoms with Gasteiger partial charge in [0.15, 0.2) is 11.5 Å². The Bertz CT molecular complexity index is 2450. The number of benzene rings is 2. The number of likely N-dealkylation sites (N-methyl/N-ethyl adjacent to an activating group) is 1. The van der Waals surface area contributed by atoms with Gasteiger partial charge in [0.05, 0.1) is 54.7 Å². The molecule has 13 nitrogen and oxygen atoms in total. The largest absolute Gasteiger partial charge is 0.385 e. The maximum atomic E-state index is 14.1. The summed E-state index contributed by atoms with van der Waals surface area (Å²) < 4.78 is 4.11. The van der Waals surface area contributed by atoms with Gasteiger partial charge in [-0.2, -0.15) is 10.2 Å². The minimum absolute atomic E-state index is 0.00156. The van der Waals surface area contributed by atoms with E-state index in [1.807, 2.05) is 63.7 Å². The first-order chi connectivity index (χ1) is 27.4. The Kier molecular flexibility index (Phi) is 9.18. The van der Waals surface area contributed by atoms with Gasteiger partial charge in [-0.05, 0) is 77.4 Å². The molecule has 4 aliphatic rings. The minimum Gasteiger partial charge on any atom is -0.385 e. The number of rotatable bonds is 8. The van der Waals surface area contributed by atoms with Gasteiger partial charge in [-0.15, -0.1) is 0 Å². The Labute approximate surface area is 334 Å². The second-order valence-corrected chi connectivity index (χ2v) is 16.8. The van der Waals surface area contributed by atoms with Gasteiger partial charge in [-0.3, -0.25) is 9.59 Å². The standard InChI is InChI=1S/C44H53N11O2/c1-8-45-34-15-11-9-13-30(34)42(56)52-24-33-35(25-52)48-54-29(4)44(5,6)39(47-41(33)54)18-17-37-27(2)28(3)46-40-32-23-53(26-36(32)49-55(37)40)43(57)31-14-10-12-16-38(31)51-21-19-50(7)20-22-51/h9-16,29,45H,8,17-26H2,1-7H3. The molecule has 1 atom stereocenters. The maximum absolute atomic E-state index is 14.1. The van der Waals surface area contributed by atoms with Crippen LogP contribution in [0.2, 0.25) is 0 Å². The first kappa shape index (κ1) is 37.0. The summed E-state index contributed by atoms with van der Waals surface area (Å²) in [5.74, 6) is 0.901. The number of fused-ring (bicyclic) bond motifs is 6. The second kappa shape index (κ2) is 14.1. The van der Waals surface area contributed by atoms with E-state index in [-0.39, 0.29) is 23.3 Å². The van der Waals surface area contributed by atoms with Crippen molar-refractivity contribution in [1.82, 2.24) is 39.1 Å². The smallest absolute Gasteiger partial charge is 0.256 e. The zero-order valence-electron chi connectivity index (χ0n) is 34.3.